The average Bonchev–Trinajstić information content (AvgIpc) is 2.24. The van der Waals surface area contributed by atoms with Gasteiger partial charge in [0.1, 0.15) is 0 Å². The SMILES string of the molecule is CCN1CCN(CCCCC(=N)N)CC1C. The molecule has 4 heteroatoms. The van der Waals surface area contributed by atoms with Crippen LogP contribution in [0.4, 0.5) is 0 Å². The lowest BCUT2D eigenvalue weighted by Gasteiger charge is -2.39. The van der Waals surface area contributed by atoms with Crippen molar-refractivity contribution in [2.45, 2.75) is 39.2 Å². The van der Waals surface area contributed by atoms with Crippen molar-refractivity contribution in [1.29, 1.82) is 5.41 Å². The summed E-state index contributed by atoms with van der Waals surface area (Å²) in [5.41, 5.74) is 5.33. The molecule has 94 valence electrons. The molecule has 1 fully saturated rings. The molecule has 0 aromatic rings. The predicted molar refractivity (Wildman–Crippen MR) is 68.9 cm³/mol. The maximum absolute atomic E-state index is 7.16. The standard InChI is InChI=1S/C12H26N4/c1-3-16-9-8-15(10-11(16)2)7-5-4-6-12(13)14/h11H,3-10H2,1-2H3,(H3,13,14). The van der Waals surface area contributed by atoms with Gasteiger partial charge < -0.3 is 10.6 Å². The Morgan fingerprint density at radius 2 is 2.12 bits per heavy atom. The number of unbranched alkanes of at least 4 members (excludes halogenated alkanes) is 1. The van der Waals surface area contributed by atoms with E-state index in [4.69, 9.17) is 11.1 Å². The van der Waals surface area contributed by atoms with Gasteiger partial charge in [-0.2, -0.15) is 0 Å². The highest BCUT2D eigenvalue weighted by Gasteiger charge is 2.21. The molecule has 1 heterocycles. The summed E-state index contributed by atoms with van der Waals surface area (Å²) in [6.07, 6.45) is 2.97. The summed E-state index contributed by atoms with van der Waals surface area (Å²) in [5, 5.41) is 7.16. The Hall–Kier alpha value is -0.610. The summed E-state index contributed by atoms with van der Waals surface area (Å²) in [6, 6.07) is 0.687. The lowest BCUT2D eigenvalue weighted by molar-refractivity contribution is 0.0871. The van der Waals surface area contributed by atoms with Crippen LogP contribution in [0.1, 0.15) is 33.1 Å². The summed E-state index contributed by atoms with van der Waals surface area (Å²) in [6.45, 7) is 10.5. The van der Waals surface area contributed by atoms with E-state index in [-0.39, 0.29) is 0 Å². The van der Waals surface area contributed by atoms with Crippen molar-refractivity contribution in [3.05, 3.63) is 0 Å². The quantitative estimate of drug-likeness (QED) is 0.405. The minimum Gasteiger partial charge on any atom is -0.388 e. The van der Waals surface area contributed by atoms with E-state index in [9.17, 15) is 0 Å². The summed E-state index contributed by atoms with van der Waals surface area (Å²) in [5.74, 6) is 0.323. The second-order valence-electron chi connectivity index (χ2n) is 4.76. The van der Waals surface area contributed by atoms with E-state index in [1.54, 1.807) is 0 Å². The molecule has 0 radical (unpaired) electrons. The molecule has 1 atom stereocenters. The largest absolute Gasteiger partial charge is 0.388 e. The van der Waals surface area contributed by atoms with Gasteiger partial charge in [-0.05, 0) is 32.9 Å². The average molecular weight is 226 g/mol. The first kappa shape index (κ1) is 13.5. The van der Waals surface area contributed by atoms with E-state index in [1.807, 2.05) is 0 Å². The van der Waals surface area contributed by atoms with Crippen LogP contribution in [0.25, 0.3) is 0 Å². The molecule has 0 bridgehead atoms. The highest BCUT2D eigenvalue weighted by Crippen LogP contribution is 2.10. The predicted octanol–water partition coefficient (Wildman–Crippen LogP) is 1.12. The van der Waals surface area contributed by atoms with Crippen LogP contribution in [0.2, 0.25) is 0 Å². The van der Waals surface area contributed by atoms with Gasteiger partial charge in [-0.25, -0.2) is 0 Å². The zero-order valence-electron chi connectivity index (χ0n) is 10.7. The Labute approximate surface area is 99.3 Å². The van der Waals surface area contributed by atoms with Crippen LogP contribution >= 0.6 is 0 Å². The molecule has 1 rings (SSSR count). The topological polar surface area (TPSA) is 56.4 Å². The first-order valence-electron chi connectivity index (χ1n) is 6.42. The monoisotopic (exact) mass is 226 g/mol. The van der Waals surface area contributed by atoms with Gasteiger partial charge in [0.25, 0.3) is 0 Å². The number of hydrogen-bond donors (Lipinski definition) is 2. The van der Waals surface area contributed by atoms with Crippen LogP contribution in [0.3, 0.4) is 0 Å². The van der Waals surface area contributed by atoms with Crippen molar-refractivity contribution < 1.29 is 0 Å². The van der Waals surface area contributed by atoms with Crippen molar-refractivity contribution in [1.82, 2.24) is 9.80 Å². The Balaban J connectivity index is 2.13. The second kappa shape index (κ2) is 6.86. The van der Waals surface area contributed by atoms with Crippen LogP contribution in [0, 0.1) is 5.41 Å². The number of amidine groups is 1. The van der Waals surface area contributed by atoms with Crippen LogP contribution in [-0.4, -0.2) is 54.4 Å². The van der Waals surface area contributed by atoms with E-state index in [0.29, 0.717) is 11.9 Å². The number of hydrogen-bond acceptors (Lipinski definition) is 3. The summed E-state index contributed by atoms with van der Waals surface area (Å²) in [4.78, 5) is 5.07. The minimum atomic E-state index is 0.323. The molecule has 4 nitrogen and oxygen atoms in total. The maximum atomic E-state index is 7.16. The van der Waals surface area contributed by atoms with Gasteiger partial charge in [-0.1, -0.05) is 6.92 Å². The van der Waals surface area contributed by atoms with Gasteiger partial charge >= 0.3 is 0 Å². The lowest BCUT2D eigenvalue weighted by Crippen LogP contribution is -2.51. The van der Waals surface area contributed by atoms with Gasteiger partial charge in [0.2, 0.25) is 0 Å². The van der Waals surface area contributed by atoms with E-state index >= 15 is 0 Å². The molecular weight excluding hydrogens is 200 g/mol. The number of piperazine rings is 1. The third kappa shape index (κ3) is 4.49. The molecular formula is C12H26N4. The second-order valence-corrected chi connectivity index (χ2v) is 4.76. The molecule has 1 saturated heterocycles. The summed E-state index contributed by atoms with van der Waals surface area (Å²) >= 11 is 0. The van der Waals surface area contributed by atoms with Crippen molar-refractivity contribution in [2.24, 2.45) is 5.73 Å². The molecule has 3 N–H and O–H groups in total. The number of nitrogens with one attached hydrogen (secondary N) is 1. The molecule has 0 saturated carbocycles. The number of likely N-dealkylation sites (N-methyl/N-ethyl adjacent to an activating group) is 1. The molecule has 1 aliphatic rings. The Morgan fingerprint density at radius 1 is 1.38 bits per heavy atom. The normalized spacial score (nSPS) is 23.5. The smallest absolute Gasteiger partial charge is 0.0905 e. The van der Waals surface area contributed by atoms with Gasteiger partial charge in [0.05, 0.1) is 5.84 Å². The fraction of sp³-hybridized carbons (Fsp3) is 0.917. The van der Waals surface area contributed by atoms with Gasteiger partial charge in [0, 0.05) is 32.1 Å². The summed E-state index contributed by atoms with van der Waals surface area (Å²) in [7, 11) is 0. The Morgan fingerprint density at radius 3 is 2.69 bits per heavy atom. The fourth-order valence-corrected chi connectivity index (χ4v) is 2.39. The third-order valence-electron chi connectivity index (χ3n) is 3.43. The Kier molecular flexibility index (Phi) is 5.77. The van der Waals surface area contributed by atoms with Gasteiger partial charge in [-0.15, -0.1) is 0 Å². The first-order chi connectivity index (χ1) is 7.63. The van der Waals surface area contributed by atoms with Crippen molar-refractivity contribution in [3.8, 4) is 0 Å². The highest BCUT2D eigenvalue weighted by molar-refractivity contribution is 5.76. The van der Waals surface area contributed by atoms with E-state index in [2.05, 4.69) is 23.6 Å². The van der Waals surface area contributed by atoms with E-state index in [0.717, 1.165) is 19.4 Å². The highest BCUT2D eigenvalue weighted by atomic mass is 15.3. The zero-order valence-corrected chi connectivity index (χ0v) is 10.7. The zero-order chi connectivity index (χ0) is 12.0. The Bertz CT molecular complexity index is 217. The van der Waals surface area contributed by atoms with Crippen molar-refractivity contribution >= 4 is 5.84 Å². The lowest BCUT2D eigenvalue weighted by atomic mass is 10.1. The van der Waals surface area contributed by atoms with Gasteiger partial charge in [0.15, 0.2) is 0 Å². The maximum Gasteiger partial charge on any atom is 0.0905 e. The number of nitrogens with two attached hydrogens (primary N) is 1. The molecule has 1 unspecified atom stereocenters. The molecule has 0 aliphatic carbocycles. The molecule has 0 spiro atoms. The van der Waals surface area contributed by atoms with Crippen molar-refractivity contribution in [2.75, 3.05) is 32.7 Å². The molecule has 1 aliphatic heterocycles. The number of nitrogens with zero attached hydrogens (tertiary/aromatic N) is 2. The molecule has 16 heavy (non-hydrogen) atoms. The van der Waals surface area contributed by atoms with E-state index in [1.165, 1.54) is 32.6 Å². The molecule has 0 aromatic heterocycles. The number of rotatable bonds is 6. The minimum absolute atomic E-state index is 0.323. The van der Waals surface area contributed by atoms with Gasteiger partial charge in [-0.3, -0.25) is 10.3 Å². The van der Waals surface area contributed by atoms with Crippen LogP contribution < -0.4 is 5.73 Å². The van der Waals surface area contributed by atoms with Crippen LogP contribution in [-0.2, 0) is 0 Å². The van der Waals surface area contributed by atoms with Crippen LogP contribution in [0.5, 0.6) is 0 Å². The molecule has 0 amide bonds. The van der Waals surface area contributed by atoms with Crippen LogP contribution in [0.15, 0.2) is 0 Å². The van der Waals surface area contributed by atoms with Crippen molar-refractivity contribution in [3.63, 3.8) is 0 Å². The summed E-state index contributed by atoms with van der Waals surface area (Å²) < 4.78 is 0. The van der Waals surface area contributed by atoms with E-state index < -0.39 is 0 Å². The molecule has 0 aromatic carbocycles. The fourth-order valence-electron chi connectivity index (χ4n) is 2.39. The third-order valence-corrected chi connectivity index (χ3v) is 3.43. The first-order valence-corrected chi connectivity index (χ1v) is 6.42.